The van der Waals surface area contributed by atoms with E-state index < -0.39 is 22.9 Å². The highest BCUT2D eigenvalue weighted by Crippen LogP contribution is 2.72. The largest absolute Gasteiger partial charge is 0.396 e. The van der Waals surface area contributed by atoms with Crippen LogP contribution in [0.25, 0.3) is 0 Å². The predicted octanol–water partition coefficient (Wildman–Crippen LogP) is 0.435. The molecule has 2 fully saturated rings. The highest BCUT2D eigenvalue weighted by atomic mass is 35.5. The maximum atomic E-state index is 12.5. The molecule has 2 unspecified atom stereocenters. The summed E-state index contributed by atoms with van der Waals surface area (Å²) in [6.45, 7) is -0.124. The van der Waals surface area contributed by atoms with Gasteiger partial charge in [0.2, 0.25) is 5.91 Å². The lowest BCUT2D eigenvalue weighted by atomic mass is 9.95. The summed E-state index contributed by atoms with van der Waals surface area (Å²) in [6, 6.07) is 0. The van der Waals surface area contributed by atoms with Crippen molar-refractivity contribution in [3.05, 3.63) is 0 Å². The molecule has 0 aromatic heterocycles. The summed E-state index contributed by atoms with van der Waals surface area (Å²) in [5, 5.41) is 2.57. The predicted molar refractivity (Wildman–Crippen MR) is 44.9 cm³/mol. The number of nitrogens with two attached hydrogens (primary N) is 1. The van der Waals surface area contributed by atoms with Gasteiger partial charge in [0.25, 0.3) is 0 Å². The van der Waals surface area contributed by atoms with E-state index >= 15 is 0 Å². The molecule has 0 radical (unpaired) electrons. The van der Waals surface area contributed by atoms with Crippen LogP contribution in [0.1, 0.15) is 6.42 Å². The minimum atomic E-state index is -4.33. The lowest BCUT2D eigenvalue weighted by Gasteiger charge is -2.18. The van der Waals surface area contributed by atoms with Gasteiger partial charge in [-0.1, -0.05) is 0 Å². The number of halogens is 4. The van der Waals surface area contributed by atoms with Gasteiger partial charge < -0.3 is 11.1 Å². The molecule has 0 spiro atoms. The van der Waals surface area contributed by atoms with E-state index in [-0.39, 0.29) is 31.9 Å². The Morgan fingerprint density at radius 2 is 1.93 bits per heavy atom. The smallest absolute Gasteiger partial charge is 0.369 e. The van der Waals surface area contributed by atoms with Crippen molar-refractivity contribution < 1.29 is 18.0 Å². The second-order valence-corrected chi connectivity index (χ2v) is 3.81. The summed E-state index contributed by atoms with van der Waals surface area (Å²) < 4.78 is 37.6. The van der Waals surface area contributed by atoms with Crippen LogP contribution in [0.4, 0.5) is 13.2 Å². The van der Waals surface area contributed by atoms with E-state index in [1.807, 2.05) is 0 Å². The zero-order chi connectivity index (χ0) is 9.91. The van der Waals surface area contributed by atoms with E-state index in [0.717, 1.165) is 0 Å². The van der Waals surface area contributed by atoms with E-state index in [1.165, 1.54) is 0 Å². The van der Waals surface area contributed by atoms with Crippen LogP contribution in [0, 0.1) is 10.8 Å². The van der Waals surface area contributed by atoms with Gasteiger partial charge in [0.15, 0.2) is 0 Å². The third kappa shape index (κ3) is 1.01. The zero-order valence-corrected chi connectivity index (χ0v) is 7.97. The van der Waals surface area contributed by atoms with Crippen LogP contribution >= 0.6 is 12.4 Å². The number of fused-ring (bicyclic) bond motifs is 1. The van der Waals surface area contributed by atoms with E-state index in [1.54, 1.807) is 0 Å². The van der Waals surface area contributed by atoms with Gasteiger partial charge in [0.1, 0.15) is 0 Å². The molecule has 2 aliphatic rings. The maximum Gasteiger partial charge on any atom is 0.396 e. The third-order valence-electron chi connectivity index (χ3n) is 3.26. The molecule has 1 aliphatic heterocycles. The standard InChI is InChI=1S/C7H9F3N2O.ClH/c8-7(9,10)6-1-5(6,4(11)13)2-12-3-6;/h12H,1-3H2,(H2,11,13);1H. The number of hydrogen-bond acceptors (Lipinski definition) is 2. The van der Waals surface area contributed by atoms with Gasteiger partial charge in [-0.2, -0.15) is 13.2 Å². The number of carbonyl (C=O) groups is 1. The van der Waals surface area contributed by atoms with E-state index in [0.29, 0.717) is 0 Å². The number of rotatable bonds is 1. The fourth-order valence-electron chi connectivity index (χ4n) is 2.31. The second kappa shape index (κ2) is 2.76. The minimum Gasteiger partial charge on any atom is -0.369 e. The van der Waals surface area contributed by atoms with Crippen molar-refractivity contribution in [3.63, 3.8) is 0 Å². The lowest BCUT2D eigenvalue weighted by molar-refractivity contribution is -0.191. The Bertz CT molecular complexity index is 283. The molecule has 3 N–H and O–H groups in total. The monoisotopic (exact) mass is 230 g/mol. The van der Waals surface area contributed by atoms with Crippen molar-refractivity contribution >= 4 is 18.3 Å². The molecule has 0 bridgehead atoms. The zero-order valence-electron chi connectivity index (χ0n) is 7.15. The Morgan fingerprint density at radius 1 is 1.36 bits per heavy atom. The molecule has 1 amide bonds. The van der Waals surface area contributed by atoms with Crippen molar-refractivity contribution in [1.29, 1.82) is 0 Å². The minimum absolute atomic E-state index is 0. The molecule has 0 aromatic carbocycles. The first-order valence-electron chi connectivity index (χ1n) is 3.93. The van der Waals surface area contributed by atoms with E-state index in [9.17, 15) is 18.0 Å². The van der Waals surface area contributed by atoms with Crippen LogP contribution in [-0.2, 0) is 4.79 Å². The number of hydrogen-bond donors (Lipinski definition) is 2. The quantitative estimate of drug-likeness (QED) is 0.687. The van der Waals surface area contributed by atoms with Gasteiger partial charge in [0.05, 0.1) is 10.8 Å². The molecule has 1 aliphatic carbocycles. The average molecular weight is 231 g/mol. The molecular weight excluding hydrogens is 221 g/mol. The summed E-state index contributed by atoms with van der Waals surface area (Å²) in [4.78, 5) is 10.9. The van der Waals surface area contributed by atoms with Crippen LogP contribution in [0.5, 0.6) is 0 Å². The van der Waals surface area contributed by atoms with Crippen LogP contribution in [0.3, 0.4) is 0 Å². The number of carbonyl (C=O) groups excluding carboxylic acids is 1. The van der Waals surface area contributed by atoms with Crippen molar-refractivity contribution in [2.45, 2.75) is 12.6 Å². The molecule has 3 nitrogen and oxygen atoms in total. The van der Waals surface area contributed by atoms with Crippen LogP contribution in [0.2, 0.25) is 0 Å². The number of amides is 1. The molecule has 1 saturated carbocycles. The van der Waals surface area contributed by atoms with Crippen LogP contribution in [0.15, 0.2) is 0 Å². The Balaban J connectivity index is 0.000000980. The topological polar surface area (TPSA) is 55.1 Å². The first-order valence-corrected chi connectivity index (χ1v) is 3.93. The highest BCUT2D eigenvalue weighted by Gasteiger charge is 2.84. The summed E-state index contributed by atoms with van der Waals surface area (Å²) in [5.41, 5.74) is 1.75. The SMILES string of the molecule is Cl.NC(=O)C12CNCC1(C(F)(F)F)C2. The van der Waals surface area contributed by atoms with Gasteiger partial charge in [-0.05, 0) is 6.42 Å². The van der Waals surface area contributed by atoms with Gasteiger partial charge in [-0.15, -0.1) is 12.4 Å². The third-order valence-corrected chi connectivity index (χ3v) is 3.26. The first kappa shape index (κ1) is 11.6. The molecular formula is C7H10ClF3N2O. The molecule has 82 valence electrons. The molecule has 0 aromatic rings. The Kier molecular flexibility index (Phi) is 2.28. The second-order valence-electron chi connectivity index (χ2n) is 3.81. The molecule has 2 rings (SSSR count). The van der Waals surface area contributed by atoms with Gasteiger partial charge >= 0.3 is 6.18 Å². The fourth-order valence-corrected chi connectivity index (χ4v) is 2.31. The summed E-state index contributed by atoms with van der Waals surface area (Å²) in [6.07, 6.45) is -4.47. The van der Waals surface area contributed by atoms with Gasteiger partial charge in [0, 0.05) is 13.1 Å². The van der Waals surface area contributed by atoms with Crippen LogP contribution < -0.4 is 11.1 Å². The molecule has 2 atom stereocenters. The van der Waals surface area contributed by atoms with E-state index in [4.69, 9.17) is 5.73 Å². The van der Waals surface area contributed by atoms with Crippen LogP contribution in [-0.4, -0.2) is 25.2 Å². The summed E-state index contributed by atoms with van der Waals surface area (Å²) in [5.74, 6) is -0.838. The Morgan fingerprint density at radius 3 is 2.21 bits per heavy atom. The number of piperidine rings is 1. The van der Waals surface area contributed by atoms with E-state index in [2.05, 4.69) is 5.32 Å². The molecule has 1 saturated heterocycles. The Hall–Kier alpha value is -0.490. The summed E-state index contributed by atoms with van der Waals surface area (Å²) in [7, 11) is 0. The number of alkyl halides is 3. The highest BCUT2D eigenvalue weighted by molar-refractivity contribution is 5.87. The van der Waals surface area contributed by atoms with Crippen molar-refractivity contribution in [1.82, 2.24) is 5.32 Å². The first-order chi connectivity index (χ1) is 5.86. The molecule has 1 heterocycles. The maximum absolute atomic E-state index is 12.5. The van der Waals surface area contributed by atoms with Gasteiger partial charge in [-0.25, -0.2) is 0 Å². The lowest BCUT2D eigenvalue weighted by Crippen LogP contribution is -2.37. The number of primary amides is 1. The fraction of sp³-hybridized carbons (Fsp3) is 0.857. The van der Waals surface area contributed by atoms with Gasteiger partial charge in [-0.3, -0.25) is 4.79 Å². The number of nitrogens with one attached hydrogen (secondary N) is 1. The van der Waals surface area contributed by atoms with Crippen molar-refractivity contribution in [3.8, 4) is 0 Å². The summed E-state index contributed by atoms with van der Waals surface area (Å²) >= 11 is 0. The molecule has 14 heavy (non-hydrogen) atoms. The molecule has 7 heteroatoms. The normalized spacial score (nSPS) is 39.9. The average Bonchev–Trinajstić information content (AvgIpc) is 2.51. The van der Waals surface area contributed by atoms with Crippen molar-refractivity contribution in [2.24, 2.45) is 16.6 Å². The van der Waals surface area contributed by atoms with Crippen molar-refractivity contribution in [2.75, 3.05) is 13.1 Å². The Labute approximate surface area is 84.6 Å².